The molecule has 1 N–H and O–H groups in total. The Morgan fingerprint density at radius 1 is 1.11 bits per heavy atom. The van der Waals surface area contributed by atoms with E-state index < -0.39 is 0 Å². The zero-order chi connectivity index (χ0) is 12.5. The van der Waals surface area contributed by atoms with Gasteiger partial charge in [0.2, 0.25) is 0 Å². The lowest BCUT2D eigenvalue weighted by atomic mass is 10.00. The van der Waals surface area contributed by atoms with E-state index in [1.165, 1.54) is 16.3 Å². The molecule has 2 nitrogen and oxygen atoms in total. The van der Waals surface area contributed by atoms with Gasteiger partial charge in [-0.25, -0.2) is 0 Å². The van der Waals surface area contributed by atoms with Crippen LogP contribution in [0.15, 0.2) is 42.5 Å². The molecule has 0 aromatic heterocycles. The number of fused-ring (bicyclic) bond motifs is 1. The van der Waals surface area contributed by atoms with Crippen LogP contribution in [0.5, 0.6) is 0 Å². The van der Waals surface area contributed by atoms with Gasteiger partial charge in [-0.1, -0.05) is 36.4 Å². The van der Waals surface area contributed by atoms with Gasteiger partial charge in [0.1, 0.15) is 0 Å². The molecule has 1 aliphatic heterocycles. The minimum atomic E-state index is 0.474. The molecule has 1 unspecified atom stereocenters. The van der Waals surface area contributed by atoms with Crippen LogP contribution in [0.1, 0.15) is 18.5 Å². The molecule has 0 radical (unpaired) electrons. The first kappa shape index (κ1) is 11.7. The number of benzene rings is 2. The molecule has 0 aliphatic carbocycles. The molecule has 3 rings (SSSR count). The molecule has 2 aromatic carbocycles. The van der Waals surface area contributed by atoms with E-state index in [-0.39, 0.29) is 0 Å². The molecule has 1 aliphatic rings. The van der Waals surface area contributed by atoms with Crippen LogP contribution in [0.3, 0.4) is 0 Å². The van der Waals surface area contributed by atoms with Gasteiger partial charge in [0.25, 0.3) is 0 Å². The molecular formula is C16H20N2. The topological polar surface area (TPSA) is 15.3 Å². The number of nitrogens with zero attached hydrogens (tertiary/aromatic N) is 1. The summed E-state index contributed by atoms with van der Waals surface area (Å²) in [4.78, 5) is 2.47. The Kier molecular flexibility index (Phi) is 3.06. The molecule has 2 heteroatoms. The van der Waals surface area contributed by atoms with E-state index in [0.717, 1.165) is 13.1 Å². The monoisotopic (exact) mass is 240 g/mol. The van der Waals surface area contributed by atoms with Crippen molar-refractivity contribution in [3.8, 4) is 0 Å². The van der Waals surface area contributed by atoms with Crippen LogP contribution in [0.4, 0.5) is 0 Å². The third-order valence-electron chi connectivity index (χ3n) is 4.20. The maximum atomic E-state index is 3.34. The van der Waals surface area contributed by atoms with Crippen molar-refractivity contribution in [3.05, 3.63) is 48.0 Å². The fraction of sp³-hybridized carbons (Fsp3) is 0.375. The highest BCUT2D eigenvalue weighted by Crippen LogP contribution is 2.25. The maximum absolute atomic E-state index is 3.34. The van der Waals surface area contributed by atoms with Crippen LogP contribution in [0.2, 0.25) is 0 Å². The summed E-state index contributed by atoms with van der Waals surface area (Å²) in [6.45, 7) is 4.53. The van der Waals surface area contributed by atoms with Crippen LogP contribution in [0, 0.1) is 0 Å². The average molecular weight is 240 g/mol. The minimum Gasteiger partial charge on any atom is -0.314 e. The van der Waals surface area contributed by atoms with Gasteiger partial charge < -0.3 is 5.32 Å². The first-order valence-corrected chi connectivity index (χ1v) is 6.67. The third kappa shape index (κ3) is 2.02. The zero-order valence-electron chi connectivity index (χ0n) is 11.1. The van der Waals surface area contributed by atoms with Crippen LogP contribution >= 0.6 is 0 Å². The second-order valence-corrected chi connectivity index (χ2v) is 5.26. The minimum absolute atomic E-state index is 0.474. The van der Waals surface area contributed by atoms with Gasteiger partial charge in [-0.05, 0) is 36.4 Å². The summed E-state index contributed by atoms with van der Waals surface area (Å²) in [6, 6.07) is 16.5. The number of hydrogen-bond donors (Lipinski definition) is 1. The number of nitrogens with one attached hydrogen (secondary N) is 1. The molecule has 0 amide bonds. The van der Waals surface area contributed by atoms with E-state index >= 15 is 0 Å². The molecule has 1 heterocycles. The quantitative estimate of drug-likeness (QED) is 0.887. The second-order valence-electron chi connectivity index (χ2n) is 5.26. The fourth-order valence-electron chi connectivity index (χ4n) is 2.58. The Hall–Kier alpha value is -1.38. The molecular weight excluding hydrogens is 220 g/mol. The summed E-state index contributed by atoms with van der Waals surface area (Å²) in [5, 5.41) is 5.99. The van der Waals surface area contributed by atoms with Crippen molar-refractivity contribution in [1.82, 2.24) is 10.2 Å². The summed E-state index contributed by atoms with van der Waals surface area (Å²) in [7, 11) is 2.23. The van der Waals surface area contributed by atoms with Crippen molar-refractivity contribution < 1.29 is 0 Å². The van der Waals surface area contributed by atoms with Gasteiger partial charge in [0.15, 0.2) is 0 Å². The van der Waals surface area contributed by atoms with Crippen LogP contribution in [-0.2, 0) is 0 Å². The highest BCUT2D eigenvalue weighted by atomic mass is 15.2. The van der Waals surface area contributed by atoms with Gasteiger partial charge in [-0.2, -0.15) is 0 Å². The standard InChI is InChI=1S/C16H20N2/c1-12(18(2)16-10-17-11-16)14-8-7-13-5-3-4-6-15(13)9-14/h3-9,12,16-17H,10-11H2,1-2H3. The molecule has 18 heavy (non-hydrogen) atoms. The fourth-order valence-corrected chi connectivity index (χ4v) is 2.58. The second kappa shape index (κ2) is 4.71. The van der Waals surface area contributed by atoms with E-state index in [0.29, 0.717) is 12.1 Å². The lowest BCUT2D eigenvalue weighted by molar-refractivity contribution is 0.136. The van der Waals surface area contributed by atoms with E-state index in [1.54, 1.807) is 0 Å². The third-order valence-corrected chi connectivity index (χ3v) is 4.20. The first-order chi connectivity index (χ1) is 8.75. The highest BCUT2D eigenvalue weighted by Gasteiger charge is 2.25. The van der Waals surface area contributed by atoms with E-state index in [4.69, 9.17) is 0 Å². The van der Waals surface area contributed by atoms with E-state index in [1.807, 2.05) is 0 Å². The first-order valence-electron chi connectivity index (χ1n) is 6.67. The Labute approximate surface area is 109 Å². The van der Waals surface area contributed by atoms with Gasteiger partial charge >= 0.3 is 0 Å². The lowest BCUT2D eigenvalue weighted by Crippen LogP contribution is -2.56. The van der Waals surface area contributed by atoms with Crippen LogP contribution in [-0.4, -0.2) is 31.1 Å². The maximum Gasteiger partial charge on any atom is 0.0348 e. The largest absolute Gasteiger partial charge is 0.314 e. The van der Waals surface area contributed by atoms with Gasteiger partial charge in [0.05, 0.1) is 0 Å². The van der Waals surface area contributed by atoms with Crippen LogP contribution in [0.25, 0.3) is 10.8 Å². The lowest BCUT2D eigenvalue weighted by Gasteiger charge is -2.39. The van der Waals surface area contributed by atoms with Crippen molar-refractivity contribution in [3.63, 3.8) is 0 Å². The molecule has 1 fully saturated rings. The van der Waals surface area contributed by atoms with Crippen LogP contribution < -0.4 is 5.32 Å². The summed E-state index contributed by atoms with van der Waals surface area (Å²) in [6.07, 6.45) is 0. The van der Waals surface area contributed by atoms with Gasteiger partial charge in [-0.3, -0.25) is 4.90 Å². The smallest absolute Gasteiger partial charge is 0.0348 e. The van der Waals surface area contributed by atoms with Crippen molar-refractivity contribution in [2.24, 2.45) is 0 Å². The Balaban J connectivity index is 1.88. The number of hydrogen-bond acceptors (Lipinski definition) is 2. The van der Waals surface area contributed by atoms with E-state index in [9.17, 15) is 0 Å². The van der Waals surface area contributed by atoms with Gasteiger partial charge in [-0.15, -0.1) is 0 Å². The average Bonchev–Trinajstić information content (AvgIpc) is 2.35. The molecule has 1 atom stereocenters. The molecule has 0 bridgehead atoms. The molecule has 2 aromatic rings. The Morgan fingerprint density at radius 3 is 2.50 bits per heavy atom. The van der Waals surface area contributed by atoms with Crippen molar-refractivity contribution in [2.45, 2.75) is 19.0 Å². The molecule has 94 valence electrons. The summed E-state index contributed by atoms with van der Waals surface area (Å²) in [5.41, 5.74) is 1.41. The Bertz CT molecular complexity index is 546. The van der Waals surface area contributed by atoms with Gasteiger partial charge in [0, 0.05) is 25.2 Å². The predicted octanol–water partition coefficient (Wildman–Crippen LogP) is 2.80. The van der Waals surface area contributed by atoms with Crippen molar-refractivity contribution in [2.75, 3.05) is 20.1 Å². The predicted molar refractivity (Wildman–Crippen MR) is 76.8 cm³/mol. The summed E-state index contributed by atoms with van der Waals surface area (Å²) >= 11 is 0. The SMILES string of the molecule is CC(c1ccc2ccccc2c1)N(C)C1CNC1. The number of rotatable bonds is 3. The molecule has 0 saturated carbocycles. The normalized spacial score (nSPS) is 17.9. The van der Waals surface area contributed by atoms with E-state index in [2.05, 4.69) is 66.7 Å². The van der Waals surface area contributed by atoms with Crippen molar-refractivity contribution >= 4 is 10.8 Å². The molecule has 0 spiro atoms. The number of likely N-dealkylation sites (N-methyl/N-ethyl adjacent to an activating group) is 1. The summed E-state index contributed by atoms with van der Waals surface area (Å²) in [5.74, 6) is 0. The summed E-state index contributed by atoms with van der Waals surface area (Å²) < 4.78 is 0. The molecule has 1 saturated heterocycles. The van der Waals surface area contributed by atoms with Crippen molar-refractivity contribution in [1.29, 1.82) is 0 Å². The Morgan fingerprint density at radius 2 is 1.83 bits per heavy atom. The highest BCUT2D eigenvalue weighted by molar-refractivity contribution is 5.83. The zero-order valence-corrected chi connectivity index (χ0v) is 11.1.